The summed E-state index contributed by atoms with van der Waals surface area (Å²) >= 11 is 2.94. The third-order valence-corrected chi connectivity index (χ3v) is 6.26. The quantitative estimate of drug-likeness (QED) is 0.538. The Hall–Kier alpha value is -3.11. The number of carbonyl (C=O) groups excluding carboxylic acids is 3. The van der Waals surface area contributed by atoms with Crippen LogP contribution in [0.1, 0.15) is 28.4 Å². The van der Waals surface area contributed by atoms with E-state index in [1.165, 1.54) is 16.9 Å². The minimum atomic E-state index is -0.00898. The third-order valence-electron chi connectivity index (χ3n) is 4.84. The zero-order valence-corrected chi connectivity index (χ0v) is 19.8. The number of carbonyl (C=O) groups is 3. The maximum Gasteiger partial charge on any atom is 0.252 e. The third kappa shape index (κ3) is 5.77. The van der Waals surface area contributed by atoms with Crippen molar-refractivity contribution >= 4 is 46.6 Å². The van der Waals surface area contributed by atoms with Crippen LogP contribution in [-0.2, 0) is 22.6 Å². The molecule has 0 bridgehead atoms. The van der Waals surface area contributed by atoms with Gasteiger partial charge in [0.2, 0.25) is 12.3 Å². The molecule has 3 heterocycles. The average molecular weight is 472 g/mol. The number of fused-ring (bicyclic) bond motifs is 1. The number of hydrogen-bond donors (Lipinski definition) is 2. The fourth-order valence-electron chi connectivity index (χ4n) is 3.16. The lowest BCUT2D eigenvalue weighted by atomic mass is 9.96. The highest BCUT2D eigenvalue weighted by molar-refractivity contribution is 7.97. The van der Waals surface area contributed by atoms with E-state index in [1.54, 1.807) is 16.8 Å². The molecule has 0 saturated heterocycles. The van der Waals surface area contributed by atoms with Crippen LogP contribution in [0.3, 0.4) is 0 Å². The molecule has 1 aromatic carbocycles. The Labute approximate surface area is 195 Å². The first-order valence-corrected chi connectivity index (χ1v) is 12.0. The number of nitrogens with one attached hydrogen (secondary N) is 2. The van der Waals surface area contributed by atoms with Gasteiger partial charge in [-0.3, -0.25) is 18.4 Å². The molecule has 3 aromatic rings. The molecule has 32 heavy (non-hydrogen) atoms. The molecule has 0 aliphatic carbocycles. The molecule has 0 atom stereocenters. The molecule has 1 aliphatic rings. The Bertz CT molecular complexity index is 1110. The summed E-state index contributed by atoms with van der Waals surface area (Å²) in [6.45, 7) is 3.23. The van der Waals surface area contributed by atoms with Crippen LogP contribution in [0.4, 0.5) is 5.13 Å². The summed E-state index contributed by atoms with van der Waals surface area (Å²) in [5.41, 5.74) is 4.73. The number of benzene rings is 1. The molecule has 0 spiro atoms. The van der Waals surface area contributed by atoms with Gasteiger partial charge < -0.3 is 15.5 Å². The summed E-state index contributed by atoms with van der Waals surface area (Å²) in [6.07, 6.45) is 6.69. The fraction of sp³-hybridized carbons (Fsp3) is 0.273. The lowest BCUT2D eigenvalue weighted by Crippen LogP contribution is -2.32. The molecule has 0 saturated carbocycles. The maximum atomic E-state index is 11.8. The fourth-order valence-corrected chi connectivity index (χ4v) is 4.24. The molecular formula is C22H25N5O3S2. The normalized spacial score (nSPS) is 12.5. The van der Waals surface area contributed by atoms with Crippen molar-refractivity contribution in [2.75, 3.05) is 25.2 Å². The van der Waals surface area contributed by atoms with Crippen molar-refractivity contribution in [1.82, 2.24) is 19.2 Å². The number of aromatic nitrogens is 2. The summed E-state index contributed by atoms with van der Waals surface area (Å²) in [6, 6.07) is 7.86. The second-order valence-corrected chi connectivity index (χ2v) is 8.66. The minimum absolute atomic E-state index is 0.00898. The molecular weight excluding hydrogens is 446 g/mol. The Balaban J connectivity index is 0.000000207. The van der Waals surface area contributed by atoms with E-state index in [1.807, 2.05) is 66.2 Å². The molecule has 1 aliphatic heterocycles. The van der Waals surface area contributed by atoms with Gasteiger partial charge in [-0.15, -0.1) is 11.3 Å². The van der Waals surface area contributed by atoms with E-state index < -0.39 is 0 Å². The Kier molecular flexibility index (Phi) is 8.07. The van der Waals surface area contributed by atoms with E-state index in [9.17, 15) is 14.4 Å². The highest BCUT2D eigenvalue weighted by atomic mass is 32.2. The van der Waals surface area contributed by atoms with E-state index in [4.69, 9.17) is 0 Å². The lowest BCUT2D eigenvalue weighted by molar-refractivity contribution is -0.130. The largest absolute Gasteiger partial charge is 0.352 e. The summed E-state index contributed by atoms with van der Waals surface area (Å²) in [5, 5.41) is 7.74. The predicted octanol–water partition coefficient (Wildman–Crippen LogP) is 3.26. The number of thiazole rings is 1. The molecule has 168 valence electrons. The molecule has 0 unspecified atom stereocenters. The van der Waals surface area contributed by atoms with Gasteiger partial charge in [-0.25, -0.2) is 4.98 Å². The van der Waals surface area contributed by atoms with E-state index in [0.717, 1.165) is 16.8 Å². The van der Waals surface area contributed by atoms with Gasteiger partial charge >= 0.3 is 0 Å². The number of nitrogens with zero attached hydrogens (tertiary/aromatic N) is 3. The van der Waals surface area contributed by atoms with Crippen LogP contribution in [0.2, 0.25) is 0 Å². The van der Waals surface area contributed by atoms with Crippen molar-refractivity contribution in [2.45, 2.75) is 19.9 Å². The molecule has 2 aromatic heterocycles. The first-order valence-electron chi connectivity index (χ1n) is 9.97. The van der Waals surface area contributed by atoms with Crippen LogP contribution in [0, 0.1) is 0 Å². The number of amides is 3. The van der Waals surface area contributed by atoms with Gasteiger partial charge in [0.15, 0.2) is 5.13 Å². The molecule has 4 rings (SSSR count). The number of anilines is 1. The van der Waals surface area contributed by atoms with Crippen LogP contribution in [0.25, 0.3) is 11.3 Å². The molecule has 2 N–H and O–H groups in total. The van der Waals surface area contributed by atoms with Gasteiger partial charge in [-0.05, 0) is 42.1 Å². The van der Waals surface area contributed by atoms with Gasteiger partial charge in [-0.1, -0.05) is 12.1 Å². The average Bonchev–Trinajstić information content (AvgIpc) is 3.45. The topological polar surface area (TPSA) is 96.3 Å². The van der Waals surface area contributed by atoms with Crippen LogP contribution < -0.4 is 10.6 Å². The zero-order valence-electron chi connectivity index (χ0n) is 18.1. The second kappa shape index (κ2) is 11.0. The summed E-state index contributed by atoms with van der Waals surface area (Å²) in [4.78, 5) is 39.5. The number of rotatable bonds is 6. The van der Waals surface area contributed by atoms with Gasteiger partial charge in [-0.2, -0.15) is 0 Å². The SMILES string of the molecule is CCNC(=O)c1ccn(SC)c1.CN1Cc2ccc(-c3csc(NC=O)n3)cc2CC1=O. The zero-order chi connectivity index (χ0) is 23.1. The first kappa shape index (κ1) is 23.6. The smallest absolute Gasteiger partial charge is 0.252 e. The van der Waals surface area contributed by atoms with Crippen molar-refractivity contribution in [1.29, 1.82) is 0 Å². The highest BCUT2D eigenvalue weighted by Gasteiger charge is 2.20. The van der Waals surface area contributed by atoms with Crippen molar-refractivity contribution in [2.24, 2.45) is 0 Å². The predicted molar refractivity (Wildman–Crippen MR) is 129 cm³/mol. The lowest BCUT2D eigenvalue weighted by Gasteiger charge is -2.25. The van der Waals surface area contributed by atoms with Gasteiger partial charge in [0.25, 0.3) is 5.91 Å². The van der Waals surface area contributed by atoms with Crippen molar-refractivity contribution in [3.63, 3.8) is 0 Å². The molecule has 3 amide bonds. The van der Waals surface area contributed by atoms with Crippen molar-refractivity contribution < 1.29 is 14.4 Å². The van der Waals surface area contributed by atoms with E-state index >= 15 is 0 Å². The maximum absolute atomic E-state index is 11.8. The standard InChI is InChI=1S/C14H13N3O2S.C8H12N2OS/c1-17-6-10-3-2-9(4-11(10)5-13(17)19)12-7-20-14(16-12)15-8-18;1-3-9-8(11)7-4-5-10(6-7)12-2/h2-4,7-8H,5-6H2,1H3,(H,15,16,18);4-6H,3H2,1-2H3,(H,9,11). The van der Waals surface area contributed by atoms with Crippen LogP contribution in [-0.4, -0.2) is 51.9 Å². The van der Waals surface area contributed by atoms with E-state index in [2.05, 4.69) is 15.6 Å². The second-order valence-electron chi connectivity index (χ2n) is 7.01. The highest BCUT2D eigenvalue weighted by Crippen LogP contribution is 2.28. The number of likely N-dealkylation sites (N-methyl/N-ethyl adjacent to an activating group) is 1. The van der Waals surface area contributed by atoms with E-state index in [-0.39, 0.29) is 11.8 Å². The van der Waals surface area contributed by atoms with Crippen LogP contribution in [0.5, 0.6) is 0 Å². The van der Waals surface area contributed by atoms with Gasteiger partial charge in [0.05, 0.1) is 17.7 Å². The first-order chi connectivity index (χ1) is 15.4. The van der Waals surface area contributed by atoms with E-state index in [0.29, 0.717) is 36.6 Å². The monoisotopic (exact) mass is 471 g/mol. The molecule has 0 radical (unpaired) electrons. The Morgan fingerprint density at radius 3 is 2.81 bits per heavy atom. The van der Waals surface area contributed by atoms with Gasteiger partial charge in [0.1, 0.15) is 0 Å². The number of hydrogen-bond acceptors (Lipinski definition) is 6. The van der Waals surface area contributed by atoms with Crippen molar-refractivity contribution in [3.8, 4) is 11.3 Å². The van der Waals surface area contributed by atoms with Gasteiger partial charge in [0, 0.05) is 49.7 Å². The Morgan fingerprint density at radius 2 is 2.12 bits per heavy atom. The minimum Gasteiger partial charge on any atom is -0.352 e. The summed E-state index contributed by atoms with van der Waals surface area (Å²) < 4.78 is 1.89. The van der Waals surface area contributed by atoms with Crippen LogP contribution in [0.15, 0.2) is 42.0 Å². The molecule has 0 fully saturated rings. The summed E-state index contributed by atoms with van der Waals surface area (Å²) in [7, 11) is 1.82. The van der Waals surface area contributed by atoms with Crippen molar-refractivity contribution in [3.05, 3.63) is 58.7 Å². The summed E-state index contributed by atoms with van der Waals surface area (Å²) in [5.74, 6) is 0.126. The van der Waals surface area contributed by atoms with Crippen LogP contribution >= 0.6 is 23.3 Å². The Morgan fingerprint density at radius 1 is 1.31 bits per heavy atom. The molecule has 8 nitrogen and oxygen atoms in total. The molecule has 10 heteroatoms.